The number of rotatable bonds is 33. The molecular formula is C53H78N14O10. The third-order valence-corrected chi connectivity index (χ3v) is 11.7. The molecule has 6 atom stereocenters. The van der Waals surface area contributed by atoms with Crippen LogP contribution in [0.25, 0.3) is 0 Å². The molecule has 0 saturated carbocycles. The molecule has 0 saturated heterocycles. The lowest BCUT2D eigenvalue weighted by Gasteiger charge is -2.27. The number of hydrogen-bond donors (Lipinski definition) is 15. The zero-order valence-corrected chi connectivity index (χ0v) is 44.3. The van der Waals surface area contributed by atoms with Crippen molar-refractivity contribution >= 4 is 59.4 Å². The van der Waals surface area contributed by atoms with Gasteiger partial charge in [-0.1, -0.05) is 100.0 Å². The number of nitrogens with two attached hydrogens (primary N) is 2. The normalized spacial score (nSPS) is 13.1. The van der Waals surface area contributed by atoms with Gasteiger partial charge in [0, 0.05) is 32.5 Å². The maximum atomic E-state index is 14.3. The summed E-state index contributed by atoms with van der Waals surface area (Å²) in [6.07, 6.45) is 1.50. The monoisotopic (exact) mass is 1070 g/mol. The first-order valence-electron chi connectivity index (χ1n) is 25.8. The molecule has 17 N–H and O–H groups in total. The Hall–Kier alpha value is -8.44. The highest BCUT2D eigenvalue weighted by Crippen LogP contribution is 2.13. The molecule has 0 radical (unpaired) electrons. The number of benzene rings is 3. The van der Waals surface area contributed by atoms with E-state index in [-0.39, 0.29) is 81.8 Å². The van der Waals surface area contributed by atoms with Gasteiger partial charge in [-0.05, 0) is 80.2 Å². The first kappa shape index (κ1) is 62.9. The van der Waals surface area contributed by atoms with Crippen LogP contribution in [-0.4, -0.2) is 127 Å². The van der Waals surface area contributed by atoms with Crippen LogP contribution >= 0.6 is 0 Å². The van der Waals surface area contributed by atoms with Crippen LogP contribution in [0.2, 0.25) is 0 Å². The fourth-order valence-electron chi connectivity index (χ4n) is 7.62. The Kier molecular flexibility index (Phi) is 27.9. The molecule has 3 rings (SSSR count). The minimum Gasteiger partial charge on any atom is -0.508 e. The van der Waals surface area contributed by atoms with Gasteiger partial charge in [0.05, 0.1) is 6.54 Å². The fraction of sp³-hybridized carbons (Fsp3) is 0.472. The number of phenolic OH excluding ortho intramolecular Hbond substituents is 1. The molecule has 0 fully saturated rings. The van der Waals surface area contributed by atoms with Gasteiger partial charge in [0.25, 0.3) is 0 Å². The molecule has 420 valence electrons. The van der Waals surface area contributed by atoms with Crippen LogP contribution < -0.4 is 64.6 Å². The van der Waals surface area contributed by atoms with Crippen LogP contribution in [0.3, 0.4) is 0 Å². The van der Waals surface area contributed by atoms with Crippen molar-refractivity contribution in [3.05, 3.63) is 102 Å². The Morgan fingerprint density at radius 1 is 0.519 bits per heavy atom. The van der Waals surface area contributed by atoms with Crippen LogP contribution in [0.15, 0.2) is 84.9 Å². The average molecular weight is 1070 g/mol. The standard InChI is InChI=1S/C53H78N14O10/c1-5-6-25-58-46(71)39(19-13-26-59-51(54)55)64-47(72)40(20-14-27-60-52(56)57)65-49(74)41(28-33(2)3)66-50(75)42(29-35-15-9-7-10-16-35)63-44(69)31-61-45(70)34(4)62-48(73)43(30-36-21-23-38(68)24-22-36)67-53(76)77-32-37-17-11-8-12-18-37/h7-12,15-18,21-24,33-34,39-43,68H,5-6,13-14,19-20,25-32H2,1-4H3,(H,58,71)(H,61,70)(H,62,73)(H,63,69)(H,64,72)(H,65,74)(H,66,75)(H,67,76)(H4,54,55,59)(H4,56,57,60)/t34-,39+,40+,41+,42+,43+/m1/s1. The highest BCUT2D eigenvalue weighted by molar-refractivity contribution is 5.97. The van der Waals surface area contributed by atoms with Crippen LogP contribution in [0.5, 0.6) is 5.75 Å². The number of hydrogen-bond acceptors (Lipinski definition) is 12. The minimum absolute atomic E-state index is 0.00491. The molecule has 0 aromatic heterocycles. The topological polar surface area (TPSA) is 386 Å². The Labute approximate surface area is 449 Å². The van der Waals surface area contributed by atoms with Crippen molar-refractivity contribution in [1.82, 2.24) is 53.2 Å². The first-order chi connectivity index (χ1) is 36.7. The molecule has 24 nitrogen and oxygen atoms in total. The molecule has 8 amide bonds. The largest absolute Gasteiger partial charge is 0.508 e. The van der Waals surface area contributed by atoms with E-state index in [1.54, 1.807) is 66.7 Å². The van der Waals surface area contributed by atoms with Gasteiger partial charge in [-0.25, -0.2) is 4.79 Å². The number of aromatic hydroxyl groups is 1. The number of alkyl carbamates (subject to hydrolysis) is 1. The maximum absolute atomic E-state index is 14.3. The van der Waals surface area contributed by atoms with Crippen molar-refractivity contribution in [3.63, 3.8) is 0 Å². The summed E-state index contributed by atoms with van der Waals surface area (Å²) < 4.78 is 5.32. The van der Waals surface area contributed by atoms with Crippen LogP contribution in [-0.2, 0) is 57.7 Å². The highest BCUT2D eigenvalue weighted by atomic mass is 16.5. The summed E-state index contributed by atoms with van der Waals surface area (Å²) in [7, 11) is 0. The van der Waals surface area contributed by atoms with E-state index in [0.717, 1.165) is 6.42 Å². The zero-order valence-electron chi connectivity index (χ0n) is 44.3. The van der Waals surface area contributed by atoms with Crippen molar-refractivity contribution < 1.29 is 48.2 Å². The van der Waals surface area contributed by atoms with E-state index < -0.39 is 90.2 Å². The van der Waals surface area contributed by atoms with Gasteiger partial charge in [-0.15, -0.1) is 0 Å². The maximum Gasteiger partial charge on any atom is 0.408 e. The lowest BCUT2D eigenvalue weighted by atomic mass is 10.00. The van der Waals surface area contributed by atoms with E-state index in [0.29, 0.717) is 36.1 Å². The quantitative estimate of drug-likeness (QED) is 0.0225. The molecule has 0 spiro atoms. The summed E-state index contributed by atoms with van der Waals surface area (Å²) in [6.45, 7) is 7.12. The molecule has 24 heteroatoms. The van der Waals surface area contributed by atoms with Gasteiger partial charge in [0.2, 0.25) is 41.4 Å². The smallest absolute Gasteiger partial charge is 0.408 e. The molecule has 0 heterocycles. The lowest BCUT2D eigenvalue weighted by molar-refractivity contribution is -0.135. The van der Waals surface area contributed by atoms with Gasteiger partial charge in [-0.3, -0.25) is 44.4 Å². The van der Waals surface area contributed by atoms with Gasteiger partial charge in [-0.2, -0.15) is 0 Å². The molecule has 3 aromatic carbocycles. The van der Waals surface area contributed by atoms with E-state index in [4.69, 9.17) is 27.0 Å². The van der Waals surface area contributed by atoms with Crippen molar-refractivity contribution in [3.8, 4) is 5.75 Å². The van der Waals surface area contributed by atoms with Crippen molar-refractivity contribution in [2.45, 2.75) is 128 Å². The molecule has 0 aliphatic rings. The van der Waals surface area contributed by atoms with E-state index >= 15 is 0 Å². The summed E-state index contributed by atoms with van der Waals surface area (Å²) in [6, 6.07) is 16.4. The average Bonchev–Trinajstić information content (AvgIpc) is 3.39. The minimum atomic E-state index is -1.28. The highest BCUT2D eigenvalue weighted by Gasteiger charge is 2.32. The zero-order chi connectivity index (χ0) is 56.7. The van der Waals surface area contributed by atoms with Crippen LogP contribution in [0.4, 0.5) is 4.79 Å². The molecular weight excluding hydrogens is 993 g/mol. The third kappa shape index (κ3) is 25.6. The van der Waals surface area contributed by atoms with Crippen LogP contribution in [0.1, 0.15) is 89.3 Å². The summed E-state index contributed by atoms with van der Waals surface area (Å²) >= 11 is 0. The SMILES string of the molecule is CCCCNC(=O)[C@H](CCCNC(=N)N)NC(=O)[C@H](CCCNC(=N)N)NC(=O)[C@H](CC(C)C)NC(=O)[C@H](Cc1ccccc1)NC(=O)CNC(=O)[C@@H](C)NC(=O)[C@H](Cc1ccc(O)cc1)NC(=O)OCc1ccccc1. The summed E-state index contributed by atoms with van der Waals surface area (Å²) in [5, 5.41) is 51.4. The number of ether oxygens (including phenoxy) is 1. The van der Waals surface area contributed by atoms with Gasteiger partial charge in [0.1, 0.15) is 48.6 Å². The summed E-state index contributed by atoms with van der Waals surface area (Å²) in [4.78, 5) is 109. The van der Waals surface area contributed by atoms with Crippen molar-refractivity contribution in [2.24, 2.45) is 17.4 Å². The predicted molar refractivity (Wildman–Crippen MR) is 290 cm³/mol. The first-order valence-corrected chi connectivity index (χ1v) is 25.8. The number of carbonyl (C=O) groups is 8. The number of carbonyl (C=O) groups excluding carboxylic acids is 8. The third-order valence-electron chi connectivity index (χ3n) is 11.7. The Morgan fingerprint density at radius 2 is 0.987 bits per heavy atom. The summed E-state index contributed by atoms with van der Waals surface area (Å²) in [5.74, 6) is -5.60. The fourth-order valence-corrected chi connectivity index (χ4v) is 7.62. The molecule has 0 bridgehead atoms. The number of nitrogens with one attached hydrogen (secondary N) is 12. The molecule has 3 aromatic rings. The predicted octanol–water partition coefficient (Wildman–Crippen LogP) is 0.521. The van der Waals surface area contributed by atoms with E-state index in [2.05, 4.69) is 53.2 Å². The molecule has 0 aliphatic heterocycles. The van der Waals surface area contributed by atoms with E-state index in [1.807, 2.05) is 26.8 Å². The van der Waals surface area contributed by atoms with Gasteiger partial charge >= 0.3 is 6.09 Å². The number of unbranched alkanes of at least 4 members (excludes halogenated alkanes) is 1. The molecule has 0 unspecified atom stereocenters. The molecule has 0 aliphatic carbocycles. The van der Waals surface area contributed by atoms with Crippen LogP contribution in [0, 0.1) is 16.7 Å². The van der Waals surface area contributed by atoms with Gasteiger partial charge < -0.3 is 74.5 Å². The number of guanidine groups is 2. The second-order valence-corrected chi connectivity index (χ2v) is 18.8. The number of amides is 8. The number of phenols is 1. The van der Waals surface area contributed by atoms with E-state index in [9.17, 15) is 43.5 Å². The second kappa shape index (κ2) is 34.2. The van der Waals surface area contributed by atoms with E-state index in [1.165, 1.54) is 19.1 Å². The van der Waals surface area contributed by atoms with Gasteiger partial charge in [0.15, 0.2) is 11.9 Å². The Morgan fingerprint density at radius 3 is 1.53 bits per heavy atom. The molecule has 77 heavy (non-hydrogen) atoms. The lowest BCUT2D eigenvalue weighted by Crippen LogP contribution is -2.59. The summed E-state index contributed by atoms with van der Waals surface area (Å²) in [5.41, 5.74) is 12.8. The Bertz CT molecular complexity index is 2400. The van der Waals surface area contributed by atoms with Crippen molar-refractivity contribution in [2.75, 3.05) is 26.2 Å². The Balaban J connectivity index is 1.76. The van der Waals surface area contributed by atoms with Crippen molar-refractivity contribution in [1.29, 1.82) is 10.8 Å². The second-order valence-electron chi connectivity index (χ2n) is 18.8.